The van der Waals surface area contributed by atoms with Crippen molar-refractivity contribution in [3.8, 4) is 0 Å². The van der Waals surface area contributed by atoms with Crippen LogP contribution in [-0.4, -0.2) is 32.4 Å². The van der Waals surface area contributed by atoms with E-state index in [0.717, 1.165) is 10.8 Å². The number of oxime groups is 1. The lowest BCUT2D eigenvalue weighted by atomic mass is 10.1. The normalized spacial score (nSPS) is 14.7. The summed E-state index contributed by atoms with van der Waals surface area (Å²) in [5.74, 6) is -1.31. The van der Waals surface area contributed by atoms with Crippen LogP contribution in [0, 0.1) is 5.92 Å². The molecule has 0 saturated heterocycles. The number of benzene rings is 2. The molecular formula is C18H19N3O5S. The summed E-state index contributed by atoms with van der Waals surface area (Å²) in [4.78, 5) is 11.7. The lowest BCUT2D eigenvalue weighted by Gasteiger charge is -2.17. The zero-order chi connectivity index (χ0) is 19.7. The van der Waals surface area contributed by atoms with Crippen molar-refractivity contribution in [1.82, 2.24) is 4.72 Å². The molecule has 8 nitrogen and oxygen atoms in total. The number of hydrogen-bond acceptors (Lipinski definition) is 5. The molecule has 1 aromatic heterocycles. The fourth-order valence-corrected chi connectivity index (χ4v) is 3.89. The Labute approximate surface area is 157 Å². The molecule has 0 fully saturated rings. The second-order valence-corrected chi connectivity index (χ2v) is 7.65. The molecule has 2 aromatic carbocycles. The zero-order valence-corrected chi connectivity index (χ0v) is 15.5. The minimum absolute atomic E-state index is 0.0308. The maximum Gasteiger partial charge on any atom is 0.321 e. The Morgan fingerprint density at radius 1 is 1.19 bits per heavy atom. The second-order valence-electron chi connectivity index (χ2n) is 6.40. The van der Waals surface area contributed by atoms with Gasteiger partial charge in [0.25, 0.3) is 0 Å². The van der Waals surface area contributed by atoms with Gasteiger partial charge in [-0.25, -0.2) is 8.93 Å². The number of fused-ring (bicyclic) bond motifs is 3. The number of furan rings is 1. The van der Waals surface area contributed by atoms with Crippen molar-refractivity contribution in [2.45, 2.75) is 24.8 Å². The predicted octanol–water partition coefficient (Wildman–Crippen LogP) is 2.40. The third-order valence-electron chi connectivity index (χ3n) is 4.23. The van der Waals surface area contributed by atoms with Crippen molar-refractivity contribution in [1.29, 1.82) is 0 Å². The summed E-state index contributed by atoms with van der Waals surface area (Å²) in [6.45, 7) is 3.48. The summed E-state index contributed by atoms with van der Waals surface area (Å²) >= 11 is 0. The van der Waals surface area contributed by atoms with Gasteiger partial charge < -0.3 is 20.5 Å². The van der Waals surface area contributed by atoms with Crippen molar-refractivity contribution < 1.29 is 23.7 Å². The van der Waals surface area contributed by atoms with Crippen LogP contribution in [0.4, 0.5) is 0 Å². The SMILES string of the molecule is CC(C)C(NS(=O)c1ccc2c(c1)oc1cc(/C(N)=N/O)ccc12)C(=O)O. The minimum Gasteiger partial charge on any atom is -0.480 e. The van der Waals surface area contributed by atoms with Crippen molar-refractivity contribution in [3.63, 3.8) is 0 Å². The Bertz CT molecular complexity index is 1070. The smallest absolute Gasteiger partial charge is 0.321 e. The molecule has 27 heavy (non-hydrogen) atoms. The molecule has 5 N–H and O–H groups in total. The number of nitrogens with two attached hydrogens (primary N) is 1. The lowest BCUT2D eigenvalue weighted by Crippen LogP contribution is -2.41. The molecule has 0 aliphatic heterocycles. The number of carboxylic acids is 1. The highest BCUT2D eigenvalue weighted by Gasteiger charge is 2.24. The summed E-state index contributed by atoms with van der Waals surface area (Å²) in [5, 5.41) is 22.7. The Kier molecular flexibility index (Phi) is 5.15. The summed E-state index contributed by atoms with van der Waals surface area (Å²) in [7, 11) is -1.71. The largest absolute Gasteiger partial charge is 0.480 e. The van der Waals surface area contributed by atoms with Gasteiger partial charge in [-0.05, 0) is 36.2 Å². The predicted molar refractivity (Wildman–Crippen MR) is 102 cm³/mol. The topological polar surface area (TPSA) is 138 Å². The number of rotatable bonds is 6. The van der Waals surface area contributed by atoms with Crippen molar-refractivity contribution in [2.24, 2.45) is 16.8 Å². The third-order valence-corrected chi connectivity index (χ3v) is 5.38. The Hall–Kier alpha value is -2.91. The van der Waals surface area contributed by atoms with E-state index in [9.17, 15) is 14.1 Å². The molecule has 2 atom stereocenters. The molecule has 2 unspecified atom stereocenters. The van der Waals surface area contributed by atoms with Crippen LogP contribution in [0.2, 0.25) is 0 Å². The highest BCUT2D eigenvalue weighted by molar-refractivity contribution is 7.83. The fraction of sp³-hybridized carbons (Fsp3) is 0.222. The number of aliphatic carboxylic acids is 1. The van der Waals surface area contributed by atoms with E-state index >= 15 is 0 Å². The van der Waals surface area contributed by atoms with Gasteiger partial charge in [0.1, 0.15) is 28.2 Å². The molecule has 0 radical (unpaired) electrons. The first-order chi connectivity index (χ1) is 12.8. The monoisotopic (exact) mass is 389 g/mol. The van der Waals surface area contributed by atoms with E-state index in [1.807, 2.05) is 0 Å². The first-order valence-electron chi connectivity index (χ1n) is 8.16. The van der Waals surface area contributed by atoms with E-state index in [-0.39, 0.29) is 11.8 Å². The number of hydrogen-bond donors (Lipinski definition) is 4. The molecule has 142 valence electrons. The second kappa shape index (κ2) is 7.37. The van der Waals surface area contributed by atoms with Crippen LogP contribution in [0.1, 0.15) is 19.4 Å². The zero-order valence-electron chi connectivity index (χ0n) is 14.7. The first kappa shape index (κ1) is 18.9. The van der Waals surface area contributed by atoms with Gasteiger partial charge >= 0.3 is 5.97 Å². The Morgan fingerprint density at radius 3 is 2.41 bits per heavy atom. The van der Waals surface area contributed by atoms with Crippen LogP contribution in [-0.2, 0) is 15.8 Å². The van der Waals surface area contributed by atoms with Crippen LogP contribution in [0.25, 0.3) is 21.9 Å². The van der Waals surface area contributed by atoms with Crippen molar-refractivity contribution in [2.75, 3.05) is 0 Å². The molecule has 0 aliphatic carbocycles. The van der Waals surface area contributed by atoms with Crippen LogP contribution in [0.3, 0.4) is 0 Å². The number of carbonyl (C=O) groups is 1. The van der Waals surface area contributed by atoms with Gasteiger partial charge in [0, 0.05) is 16.3 Å². The summed E-state index contributed by atoms with van der Waals surface area (Å²) in [6.07, 6.45) is 0. The Morgan fingerprint density at radius 2 is 1.81 bits per heavy atom. The summed E-state index contributed by atoms with van der Waals surface area (Å²) < 4.78 is 21.0. The molecule has 3 aromatic rings. The molecule has 1 heterocycles. The molecule has 0 amide bonds. The van der Waals surface area contributed by atoms with Gasteiger partial charge in [0.15, 0.2) is 5.84 Å². The van der Waals surface area contributed by atoms with E-state index in [4.69, 9.17) is 15.4 Å². The highest BCUT2D eigenvalue weighted by Crippen LogP contribution is 2.30. The number of amidine groups is 1. The number of nitrogens with zero attached hydrogens (tertiary/aromatic N) is 1. The first-order valence-corrected chi connectivity index (χ1v) is 9.31. The van der Waals surface area contributed by atoms with Crippen LogP contribution in [0.15, 0.2) is 50.9 Å². The summed E-state index contributed by atoms with van der Waals surface area (Å²) in [5.41, 5.74) is 7.15. The molecular weight excluding hydrogens is 370 g/mol. The third kappa shape index (κ3) is 3.64. The maximum absolute atomic E-state index is 12.5. The molecule has 0 saturated carbocycles. The molecule has 0 bridgehead atoms. The average molecular weight is 389 g/mol. The van der Waals surface area contributed by atoms with E-state index < -0.39 is 23.0 Å². The van der Waals surface area contributed by atoms with Crippen LogP contribution < -0.4 is 10.5 Å². The number of carboxylic acid groups (broad SMARTS) is 1. The fourth-order valence-electron chi connectivity index (χ4n) is 2.74. The van der Waals surface area contributed by atoms with Gasteiger partial charge in [-0.15, -0.1) is 0 Å². The maximum atomic E-state index is 12.5. The van der Waals surface area contributed by atoms with E-state index in [1.54, 1.807) is 50.2 Å². The van der Waals surface area contributed by atoms with E-state index in [1.165, 1.54) is 0 Å². The molecule has 9 heteroatoms. The highest BCUT2D eigenvalue weighted by atomic mass is 32.2. The lowest BCUT2D eigenvalue weighted by molar-refractivity contribution is -0.140. The van der Waals surface area contributed by atoms with E-state index in [0.29, 0.717) is 21.6 Å². The van der Waals surface area contributed by atoms with Crippen molar-refractivity contribution >= 4 is 44.7 Å². The van der Waals surface area contributed by atoms with Gasteiger partial charge in [-0.2, -0.15) is 0 Å². The van der Waals surface area contributed by atoms with Gasteiger partial charge in [0.05, 0.1) is 4.90 Å². The van der Waals surface area contributed by atoms with Crippen LogP contribution in [0.5, 0.6) is 0 Å². The van der Waals surface area contributed by atoms with Gasteiger partial charge in [-0.3, -0.25) is 4.79 Å². The van der Waals surface area contributed by atoms with E-state index in [2.05, 4.69) is 9.88 Å². The minimum atomic E-state index is -1.71. The van der Waals surface area contributed by atoms with Crippen LogP contribution >= 0.6 is 0 Å². The molecule has 0 spiro atoms. The average Bonchev–Trinajstić information content (AvgIpc) is 3.01. The number of nitrogens with one attached hydrogen (secondary N) is 1. The molecule has 3 rings (SSSR count). The summed E-state index contributed by atoms with van der Waals surface area (Å²) in [6, 6.07) is 9.27. The Balaban J connectivity index is 1.98. The standard InChI is InChI=1S/C18H19N3O5S/c1-9(2)16(18(22)23)21-27(25)11-4-6-13-12-5-3-10(17(19)20-24)7-14(12)26-15(13)8-11/h3-9,16,21,24H,1-2H3,(H2,19,20)(H,22,23). The van der Waals surface area contributed by atoms with Gasteiger partial charge in [0.2, 0.25) is 0 Å². The quantitative estimate of drug-likeness (QED) is 0.221. The van der Waals surface area contributed by atoms with Gasteiger partial charge in [-0.1, -0.05) is 25.1 Å². The molecule has 0 aliphatic rings. The van der Waals surface area contributed by atoms with Crippen molar-refractivity contribution in [3.05, 3.63) is 42.0 Å².